The molecule has 3 nitrogen and oxygen atoms in total. The van der Waals surface area contributed by atoms with Crippen LogP contribution in [-0.4, -0.2) is 36.2 Å². The van der Waals surface area contributed by atoms with E-state index in [4.69, 9.17) is 4.74 Å². The van der Waals surface area contributed by atoms with Crippen LogP contribution in [0.2, 0.25) is 0 Å². The summed E-state index contributed by atoms with van der Waals surface area (Å²) >= 11 is 1.87. The van der Waals surface area contributed by atoms with E-state index in [0.29, 0.717) is 6.54 Å². The van der Waals surface area contributed by atoms with Gasteiger partial charge >= 0.3 is 5.97 Å². The van der Waals surface area contributed by atoms with E-state index >= 15 is 0 Å². The fourth-order valence-corrected chi connectivity index (χ4v) is 2.38. The van der Waals surface area contributed by atoms with E-state index in [0.717, 1.165) is 19.4 Å². The number of nitrogens with one attached hydrogen (secondary N) is 1. The molecule has 1 N–H and O–H groups in total. The van der Waals surface area contributed by atoms with E-state index in [2.05, 4.69) is 25.4 Å². The van der Waals surface area contributed by atoms with Crippen molar-refractivity contribution in [2.75, 3.05) is 19.3 Å². The van der Waals surface area contributed by atoms with Gasteiger partial charge in [-0.05, 0) is 32.9 Å². The molecule has 0 radical (unpaired) electrons. The number of hydrogen-bond donors (Lipinski definition) is 1. The van der Waals surface area contributed by atoms with Crippen molar-refractivity contribution >= 4 is 17.7 Å². The normalized spacial score (nSPS) is 11.9. The van der Waals surface area contributed by atoms with Gasteiger partial charge in [-0.25, -0.2) is 0 Å². The van der Waals surface area contributed by atoms with E-state index < -0.39 is 0 Å². The standard InChI is InChI=1S/C12H25NO2S/c1-6-12(7-2,16-5)9-13-8-11(14)15-10(3)4/h10,13H,6-9H2,1-5H3. The number of carbonyl (C=O) groups is 1. The van der Waals surface area contributed by atoms with Crippen LogP contribution < -0.4 is 5.32 Å². The molecule has 16 heavy (non-hydrogen) atoms. The second-order valence-corrected chi connectivity index (χ2v) is 5.51. The number of esters is 1. The lowest BCUT2D eigenvalue weighted by Crippen LogP contribution is -2.39. The van der Waals surface area contributed by atoms with Crippen molar-refractivity contribution in [3.05, 3.63) is 0 Å². The molecule has 0 saturated heterocycles. The van der Waals surface area contributed by atoms with Crippen LogP contribution in [0.3, 0.4) is 0 Å². The van der Waals surface area contributed by atoms with Crippen LogP contribution in [0.5, 0.6) is 0 Å². The predicted molar refractivity (Wildman–Crippen MR) is 70.9 cm³/mol. The maximum absolute atomic E-state index is 11.3. The minimum Gasteiger partial charge on any atom is -0.462 e. The van der Waals surface area contributed by atoms with Crippen LogP contribution in [0.1, 0.15) is 40.5 Å². The summed E-state index contributed by atoms with van der Waals surface area (Å²) in [5.41, 5.74) is 0. The van der Waals surface area contributed by atoms with E-state index in [1.54, 1.807) is 0 Å². The summed E-state index contributed by atoms with van der Waals surface area (Å²) in [5, 5.41) is 3.19. The molecule has 0 saturated carbocycles. The number of rotatable bonds is 8. The van der Waals surface area contributed by atoms with Crippen LogP contribution >= 0.6 is 11.8 Å². The molecule has 4 heteroatoms. The Labute approximate surface area is 104 Å². The Morgan fingerprint density at radius 2 is 1.94 bits per heavy atom. The van der Waals surface area contributed by atoms with Crippen molar-refractivity contribution in [1.29, 1.82) is 0 Å². The molecule has 0 amide bonds. The Kier molecular flexibility index (Phi) is 7.85. The number of thioether (sulfide) groups is 1. The lowest BCUT2D eigenvalue weighted by atomic mass is 10.0. The quantitative estimate of drug-likeness (QED) is 0.669. The van der Waals surface area contributed by atoms with Gasteiger partial charge in [0.25, 0.3) is 0 Å². The summed E-state index contributed by atoms with van der Waals surface area (Å²) in [4.78, 5) is 11.3. The average molecular weight is 247 g/mol. The Hall–Kier alpha value is -0.220. The summed E-state index contributed by atoms with van der Waals surface area (Å²) in [6, 6.07) is 0. The molecule has 0 aliphatic rings. The lowest BCUT2D eigenvalue weighted by Gasteiger charge is -2.29. The van der Waals surface area contributed by atoms with Crippen molar-refractivity contribution in [1.82, 2.24) is 5.32 Å². The minimum atomic E-state index is -0.169. The molecule has 0 heterocycles. The van der Waals surface area contributed by atoms with Gasteiger partial charge < -0.3 is 10.1 Å². The minimum absolute atomic E-state index is 0.0306. The third-order valence-corrected chi connectivity index (χ3v) is 4.39. The van der Waals surface area contributed by atoms with E-state index in [-0.39, 0.29) is 16.8 Å². The Morgan fingerprint density at radius 3 is 2.31 bits per heavy atom. The number of carbonyl (C=O) groups excluding carboxylic acids is 1. The molecular formula is C12H25NO2S. The van der Waals surface area contributed by atoms with Crippen LogP contribution in [-0.2, 0) is 9.53 Å². The van der Waals surface area contributed by atoms with Gasteiger partial charge in [0.05, 0.1) is 12.6 Å². The molecule has 0 aliphatic heterocycles. The first-order valence-electron chi connectivity index (χ1n) is 5.95. The summed E-state index contributed by atoms with van der Waals surface area (Å²) in [7, 11) is 0. The fraction of sp³-hybridized carbons (Fsp3) is 0.917. The van der Waals surface area contributed by atoms with Gasteiger partial charge in [-0.1, -0.05) is 13.8 Å². The molecule has 0 rings (SSSR count). The maximum Gasteiger partial charge on any atom is 0.320 e. The monoisotopic (exact) mass is 247 g/mol. The molecule has 0 bridgehead atoms. The van der Waals surface area contributed by atoms with Crippen molar-refractivity contribution in [2.45, 2.75) is 51.4 Å². The molecule has 0 spiro atoms. The van der Waals surface area contributed by atoms with Gasteiger partial charge in [0.1, 0.15) is 0 Å². The topological polar surface area (TPSA) is 38.3 Å². The zero-order valence-corrected chi connectivity index (χ0v) is 11.9. The molecule has 0 aromatic rings. The van der Waals surface area contributed by atoms with Crippen molar-refractivity contribution in [2.24, 2.45) is 0 Å². The van der Waals surface area contributed by atoms with Gasteiger partial charge in [-0.15, -0.1) is 0 Å². The van der Waals surface area contributed by atoms with Crippen molar-refractivity contribution in [3.8, 4) is 0 Å². The third-order valence-electron chi connectivity index (χ3n) is 2.81. The zero-order valence-electron chi connectivity index (χ0n) is 11.1. The third kappa shape index (κ3) is 5.75. The highest BCUT2D eigenvalue weighted by atomic mass is 32.2. The van der Waals surface area contributed by atoms with Crippen LogP contribution in [0.4, 0.5) is 0 Å². The van der Waals surface area contributed by atoms with Gasteiger partial charge in [0, 0.05) is 11.3 Å². The van der Waals surface area contributed by atoms with Crippen LogP contribution in [0.15, 0.2) is 0 Å². The first kappa shape index (κ1) is 15.8. The van der Waals surface area contributed by atoms with E-state index in [1.165, 1.54) is 0 Å². The summed E-state index contributed by atoms with van der Waals surface area (Å²) in [6.07, 6.45) is 4.31. The largest absolute Gasteiger partial charge is 0.462 e. The van der Waals surface area contributed by atoms with Crippen molar-refractivity contribution < 1.29 is 9.53 Å². The first-order valence-corrected chi connectivity index (χ1v) is 7.17. The lowest BCUT2D eigenvalue weighted by molar-refractivity contribution is -0.146. The Morgan fingerprint density at radius 1 is 1.38 bits per heavy atom. The maximum atomic E-state index is 11.3. The van der Waals surface area contributed by atoms with Gasteiger partial charge in [0.15, 0.2) is 0 Å². The van der Waals surface area contributed by atoms with E-state index in [1.807, 2.05) is 25.6 Å². The smallest absolute Gasteiger partial charge is 0.320 e. The summed E-state index contributed by atoms with van der Waals surface area (Å²) < 4.78 is 5.31. The molecule has 0 atom stereocenters. The van der Waals surface area contributed by atoms with Gasteiger partial charge in [-0.2, -0.15) is 11.8 Å². The summed E-state index contributed by atoms with van der Waals surface area (Å²) in [5.74, 6) is -0.169. The Balaban J connectivity index is 3.91. The highest BCUT2D eigenvalue weighted by Gasteiger charge is 2.24. The second kappa shape index (κ2) is 7.96. The molecule has 0 aromatic heterocycles. The van der Waals surface area contributed by atoms with Gasteiger partial charge in [-0.3, -0.25) is 4.79 Å². The highest BCUT2D eigenvalue weighted by Crippen LogP contribution is 2.29. The molecule has 0 aliphatic carbocycles. The van der Waals surface area contributed by atoms with Crippen LogP contribution in [0.25, 0.3) is 0 Å². The SMILES string of the molecule is CCC(CC)(CNCC(=O)OC(C)C)SC. The number of ether oxygens (including phenoxy) is 1. The van der Waals surface area contributed by atoms with Crippen LogP contribution in [0, 0.1) is 0 Å². The summed E-state index contributed by atoms with van der Waals surface area (Å²) in [6.45, 7) is 9.27. The van der Waals surface area contributed by atoms with Gasteiger partial charge in [0.2, 0.25) is 0 Å². The molecule has 0 fully saturated rings. The molecular weight excluding hydrogens is 222 g/mol. The predicted octanol–water partition coefficient (Wildman–Crippen LogP) is 2.45. The van der Waals surface area contributed by atoms with Crippen molar-refractivity contribution in [3.63, 3.8) is 0 Å². The molecule has 0 unspecified atom stereocenters. The first-order chi connectivity index (χ1) is 7.49. The average Bonchev–Trinajstić information content (AvgIpc) is 2.24. The highest BCUT2D eigenvalue weighted by molar-refractivity contribution is 8.00. The Bertz CT molecular complexity index is 195. The molecule has 0 aromatic carbocycles. The molecule has 96 valence electrons. The van der Waals surface area contributed by atoms with E-state index in [9.17, 15) is 4.79 Å². The fourth-order valence-electron chi connectivity index (χ4n) is 1.56. The number of hydrogen-bond acceptors (Lipinski definition) is 4. The zero-order chi connectivity index (χ0) is 12.6. The second-order valence-electron chi connectivity index (χ2n) is 4.24.